The number of hydrogen-bond donors (Lipinski definition) is 2. The standard InChI is InChI=1S/C13H21N3O2/c1-3-4-12(9-18-2)16-13(17)7-11-6-5-10(14)8-15-11/h5-6,8,12H,3-4,7,9,14H2,1-2H3,(H,16,17). The number of aromatic nitrogens is 1. The quantitative estimate of drug-likeness (QED) is 0.761. The minimum atomic E-state index is -0.0391. The average Bonchev–Trinajstić information content (AvgIpc) is 2.33. The minimum Gasteiger partial charge on any atom is -0.397 e. The summed E-state index contributed by atoms with van der Waals surface area (Å²) in [6.07, 6.45) is 3.74. The molecule has 1 aromatic rings. The van der Waals surface area contributed by atoms with Crippen molar-refractivity contribution in [2.24, 2.45) is 0 Å². The number of nitrogens with two attached hydrogens (primary N) is 1. The zero-order valence-corrected chi connectivity index (χ0v) is 11.0. The molecule has 1 amide bonds. The van der Waals surface area contributed by atoms with E-state index in [1.165, 1.54) is 0 Å². The van der Waals surface area contributed by atoms with E-state index in [1.807, 2.05) is 0 Å². The van der Waals surface area contributed by atoms with Crippen molar-refractivity contribution in [3.63, 3.8) is 0 Å². The molecule has 0 aliphatic carbocycles. The number of rotatable bonds is 7. The van der Waals surface area contributed by atoms with Gasteiger partial charge >= 0.3 is 0 Å². The van der Waals surface area contributed by atoms with Crippen LogP contribution in [0.25, 0.3) is 0 Å². The molecular weight excluding hydrogens is 230 g/mol. The fraction of sp³-hybridized carbons (Fsp3) is 0.538. The summed E-state index contributed by atoms with van der Waals surface area (Å²) in [5.74, 6) is -0.0391. The molecule has 0 saturated heterocycles. The summed E-state index contributed by atoms with van der Waals surface area (Å²) in [7, 11) is 1.64. The van der Waals surface area contributed by atoms with Crippen molar-refractivity contribution < 1.29 is 9.53 Å². The fourth-order valence-corrected chi connectivity index (χ4v) is 1.73. The Balaban J connectivity index is 2.46. The van der Waals surface area contributed by atoms with Gasteiger partial charge in [0.2, 0.25) is 5.91 Å². The first-order valence-corrected chi connectivity index (χ1v) is 6.14. The summed E-state index contributed by atoms with van der Waals surface area (Å²) < 4.78 is 5.08. The van der Waals surface area contributed by atoms with Crippen molar-refractivity contribution in [3.8, 4) is 0 Å². The lowest BCUT2D eigenvalue weighted by Crippen LogP contribution is -2.38. The SMILES string of the molecule is CCCC(COC)NC(=O)Cc1ccc(N)cn1. The number of pyridine rings is 1. The van der Waals surface area contributed by atoms with Crippen molar-refractivity contribution in [1.82, 2.24) is 10.3 Å². The van der Waals surface area contributed by atoms with Crippen LogP contribution in [0.4, 0.5) is 5.69 Å². The van der Waals surface area contributed by atoms with Gasteiger partial charge in [0.25, 0.3) is 0 Å². The predicted octanol–water partition coefficient (Wildman–Crippen LogP) is 1.14. The van der Waals surface area contributed by atoms with Crippen molar-refractivity contribution in [2.75, 3.05) is 19.5 Å². The highest BCUT2D eigenvalue weighted by atomic mass is 16.5. The van der Waals surface area contributed by atoms with E-state index in [9.17, 15) is 4.79 Å². The molecule has 0 fully saturated rings. The van der Waals surface area contributed by atoms with E-state index in [2.05, 4.69) is 17.2 Å². The lowest BCUT2D eigenvalue weighted by molar-refractivity contribution is -0.121. The second kappa shape index (κ2) is 7.66. The van der Waals surface area contributed by atoms with E-state index in [0.717, 1.165) is 18.5 Å². The van der Waals surface area contributed by atoms with Gasteiger partial charge in [-0.05, 0) is 18.6 Å². The molecule has 0 aliphatic heterocycles. The molecule has 3 N–H and O–H groups in total. The summed E-state index contributed by atoms with van der Waals surface area (Å²) in [6.45, 7) is 2.62. The van der Waals surface area contributed by atoms with Crippen LogP contribution in [0.5, 0.6) is 0 Å². The molecule has 1 unspecified atom stereocenters. The molecule has 0 aliphatic rings. The summed E-state index contributed by atoms with van der Waals surface area (Å²) in [5, 5.41) is 2.95. The maximum absolute atomic E-state index is 11.8. The van der Waals surface area contributed by atoms with Gasteiger partial charge in [0, 0.05) is 12.8 Å². The fourth-order valence-electron chi connectivity index (χ4n) is 1.73. The van der Waals surface area contributed by atoms with Gasteiger partial charge in [-0.2, -0.15) is 0 Å². The number of anilines is 1. The van der Waals surface area contributed by atoms with Crippen LogP contribution in [0.1, 0.15) is 25.5 Å². The van der Waals surface area contributed by atoms with Gasteiger partial charge in [0.1, 0.15) is 0 Å². The van der Waals surface area contributed by atoms with E-state index < -0.39 is 0 Å². The Morgan fingerprint density at radius 1 is 1.56 bits per heavy atom. The minimum absolute atomic E-state index is 0.0391. The van der Waals surface area contributed by atoms with Crippen molar-refractivity contribution >= 4 is 11.6 Å². The van der Waals surface area contributed by atoms with Crippen LogP contribution in [0.2, 0.25) is 0 Å². The van der Waals surface area contributed by atoms with Gasteiger partial charge in [-0.15, -0.1) is 0 Å². The van der Waals surface area contributed by atoms with Gasteiger partial charge in [-0.3, -0.25) is 9.78 Å². The second-order valence-corrected chi connectivity index (χ2v) is 4.27. The van der Waals surface area contributed by atoms with Crippen LogP contribution >= 0.6 is 0 Å². The topological polar surface area (TPSA) is 77.2 Å². The zero-order chi connectivity index (χ0) is 13.4. The summed E-state index contributed by atoms with van der Waals surface area (Å²) >= 11 is 0. The monoisotopic (exact) mass is 251 g/mol. The number of nitrogens with one attached hydrogen (secondary N) is 1. The molecular formula is C13H21N3O2. The zero-order valence-electron chi connectivity index (χ0n) is 11.0. The van der Waals surface area contributed by atoms with Gasteiger partial charge < -0.3 is 15.8 Å². The Hall–Kier alpha value is -1.62. The highest BCUT2D eigenvalue weighted by molar-refractivity contribution is 5.78. The second-order valence-electron chi connectivity index (χ2n) is 4.27. The van der Waals surface area contributed by atoms with E-state index in [-0.39, 0.29) is 18.4 Å². The molecule has 5 heteroatoms. The van der Waals surface area contributed by atoms with E-state index in [4.69, 9.17) is 10.5 Å². The van der Waals surface area contributed by atoms with Crippen molar-refractivity contribution in [2.45, 2.75) is 32.2 Å². The molecule has 18 heavy (non-hydrogen) atoms. The molecule has 0 spiro atoms. The number of ether oxygens (including phenoxy) is 1. The third kappa shape index (κ3) is 5.14. The Kier molecular flexibility index (Phi) is 6.14. The number of amides is 1. The molecule has 0 saturated carbocycles. The van der Waals surface area contributed by atoms with Crippen LogP contribution in [0, 0.1) is 0 Å². The summed E-state index contributed by atoms with van der Waals surface area (Å²) in [4.78, 5) is 15.9. The lowest BCUT2D eigenvalue weighted by Gasteiger charge is -2.16. The Morgan fingerprint density at radius 3 is 2.89 bits per heavy atom. The van der Waals surface area contributed by atoms with Gasteiger partial charge in [-0.25, -0.2) is 0 Å². The summed E-state index contributed by atoms with van der Waals surface area (Å²) in [5.41, 5.74) is 6.85. The summed E-state index contributed by atoms with van der Waals surface area (Å²) in [6, 6.07) is 3.58. The van der Waals surface area contributed by atoms with E-state index in [0.29, 0.717) is 12.3 Å². The lowest BCUT2D eigenvalue weighted by atomic mass is 10.1. The molecule has 0 bridgehead atoms. The number of methoxy groups -OCH3 is 1. The van der Waals surface area contributed by atoms with Gasteiger partial charge in [0.05, 0.1) is 31.0 Å². The van der Waals surface area contributed by atoms with Crippen LogP contribution in [0.15, 0.2) is 18.3 Å². The molecule has 0 aromatic carbocycles. The first kappa shape index (κ1) is 14.4. The third-order valence-electron chi connectivity index (χ3n) is 2.56. The number of nitrogen functional groups attached to an aromatic ring is 1. The maximum Gasteiger partial charge on any atom is 0.226 e. The number of hydrogen-bond acceptors (Lipinski definition) is 4. The molecule has 1 atom stereocenters. The van der Waals surface area contributed by atoms with E-state index in [1.54, 1.807) is 25.4 Å². The highest BCUT2D eigenvalue weighted by Gasteiger charge is 2.12. The normalized spacial score (nSPS) is 12.1. The Bertz CT molecular complexity index is 359. The van der Waals surface area contributed by atoms with Gasteiger partial charge in [0.15, 0.2) is 0 Å². The molecule has 1 rings (SSSR count). The highest BCUT2D eigenvalue weighted by Crippen LogP contribution is 2.03. The Labute approximate surface area is 108 Å². The Morgan fingerprint density at radius 2 is 2.33 bits per heavy atom. The van der Waals surface area contributed by atoms with Crippen LogP contribution < -0.4 is 11.1 Å². The van der Waals surface area contributed by atoms with Crippen LogP contribution in [0.3, 0.4) is 0 Å². The molecule has 100 valence electrons. The number of carbonyl (C=O) groups excluding carboxylic acids is 1. The van der Waals surface area contributed by atoms with Crippen molar-refractivity contribution in [1.29, 1.82) is 0 Å². The van der Waals surface area contributed by atoms with Crippen LogP contribution in [-0.2, 0) is 16.0 Å². The molecule has 1 heterocycles. The molecule has 1 aromatic heterocycles. The third-order valence-corrected chi connectivity index (χ3v) is 2.56. The number of carbonyl (C=O) groups is 1. The van der Waals surface area contributed by atoms with E-state index >= 15 is 0 Å². The first-order chi connectivity index (χ1) is 8.65. The maximum atomic E-state index is 11.8. The molecule has 5 nitrogen and oxygen atoms in total. The molecule has 0 radical (unpaired) electrons. The first-order valence-electron chi connectivity index (χ1n) is 6.14. The van der Waals surface area contributed by atoms with Gasteiger partial charge in [-0.1, -0.05) is 13.3 Å². The largest absolute Gasteiger partial charge is 0.397 e. The average molecular weight is 251 g/mol. The number of nitrogens with zero attached hydrogens (tertiary/aromatic N) is 1. The van der Waals surface area contributed by atoms with Crippen LogP contribution in [-0.4, -0.2) is 30.6 Å². The smallest absolute Gasteiger partial charge is 0.226 e. The predicted molar refractivity (Wildman–Crippen MR) is 71.1 cm³/mol. The van der Waals surface area contributed by atoms with Crippen molar-refractivity contribution in [3.05, 3.63) is 24.0 Å².